The van der Waals surface area contributed by atoms with Crippen LogP contribution in [0.2, 0.25) is 5.02 Å². The molecule has 7 heteroatoms. The van der Waals surface area contributed by atoms with Crippen LogP contribution in [0.1, 0.15) is 25.3 Å². The van der Waals surface area contributed by atoms with Crippen molar-refractivity contribution in [1.29, 1.82) is 0 Å². The van der Waals surface area contributed by atoms with Gasteiger partial charge in [-0.2, -0.15) is 0 Å². The molecule has 0 radical (unpaired) electrons. The SMILES string of the molecule is COc1ccc(Cl)cc1OC[C@H]1[C@H](c2ccc(S(N)(=O)=O)cc2)C1(C)C. The van der Waals surface area contributed by atoms with E-state index in [1.165, 1.54) is 0 Å². The summed E-state index contributed by atoms with van der Waals surface area (Å²) in [7, 11) is -2.09. The van der Waals surface area contributed by atoms with E-state index >= 15 is 0 Å². The summed E-state index contributed by atoms with van der Waals surface area (Å²) >= 11 is 6.04. The van der Waals surface area contributed by atoms with Crippen molar-refractivity contribution >= 4 is 21.6 Å². The molecule has 2 aromatic rings. The fourth-order valence-electron chi connectivity index (χ4n) is 3.52. The van der Waals surface area contributed by atoms with E-state index in [0.717, 1.165) is 5.56 Å². The molecule has 2 N–H and O–H groups in total. The molecular weight excluding hydrogens is 374 g/mol. The Labute approximate surface area is 159 Å². The fraction of sp³-hybridized carbons (Fsp3) is 0.368. The first-order valence-corrected chi connectivity index (χ1v) is 10.2. The molecule has 3 rings (SSSR count). The number of hydrogen-bond acceptors (Lipinski definition) is 4. The van der Waals surface area contributed by atoms with Crippen molar-refractivity contribution < 1.29 is 17.9 Å². The first-order valence-electron chi connectivity index (χ1n) is 8.23. The minimum Gasteiger partial charge on any atom is -0.493 e. The van der Waals surface area contributed by atoms with Crippen molar-refractivity contribution in [2.75, 3.05) is 13.7 Å². The molecule has 2 aromatic carbocycles. The Balaban J connectivity index is 1.73. The summed E-state index contributed by atoms with van der Waals surface area (Å²) in [4.78, 5) is 0.121. The maximum Gasteiger partial charge on any atom is 0.238 e. The summed E-state index contributed by atoms with van der Waals surface area (Å²) in [6.07, 6.45) is 0. The van der Waals surface area contributed by atoms with E-state index in [0.29, 0.717) is 29.0 Å². The number of nitrogens with two attached hydrogens (primary N) is 1. The van der Waals surface area contributed by atoms with Crippen LogP contribution in [0.5, 0.6) is 11.5 Å². The molecule has 26 heavy (non-hydrogen) atoms. The van der Waals surface area contributed by atoms with Gasteiger partial charge in [-0.05, 0) is 41.2 Å². The zero-order chi connectivity index (χ0) is 19.1. The van der Waals surface area contributed by atoms with Gasteiger partial charge in [0, 0.05) is 17.0 Å². The van der Waals surface area contributed by atoms with Crippen molar-refractivity contribution in [1.82, 2.24) is 0 Å². The highest BCUT2D eigenvalue weighted by molar-refractivity contribution is 7.89. The maximum atomic E-state index is 11.4. The first kappa shape index (κ1) is 19.0. The molecule has 140 valence electrons. The van der Waals surface area contributed by atoms with E-state index in [1.807, 2.05) is 12.1 Å². The first-order chi connectivity index (χ1) is 12.1. The Kier molecular flexibility index (Phi) is 4.94. The smallest absolute Gasteiger partial charge is 0.238 e. The molecule has 5 nitrogen and oxygen atoms in total. The van der Waals surface area contributed by atoms with E-state index in [9.17, 15) is 8.42 Å². The highest BCUT2D eigenvalue weighted by atomic mass is 35.5. The molecule has 0 saturated heterocycles. The van der Waals surface area contributed by atoms with Gasteiger partial charge in [0.2, 0.25) is 10.0 Å². The third-order valence-corrected chi connectivity index (χ3v) is 6.33. The summed E-state index contributed by atoms with van der Waals surface area (Å²) in [6, 6.07) is 12.0. The molecule has 0 aliphatic heterocycles. The molecule has 1 fully saturated rings. The average molecular weight is 396 g/mol. The normalized spacial score (nSPS) is 21.3. The predicted molar refractivity (Wildman–Crippen MR) is 101 cm³/mol. The van der Waals surface area contributed by atoms with Crippen molar-refractivity contribution in [3.8, 4) is 11.5 Å². The topological polar surface area (TPSA) is 78.6 Å². The van der Waals surface area contributed by atoms with Gasteiger partial charge in [0.25, 0.3) is 0 Å². The highest BCUT2D eigenvalue weighted by Gasteiger charge is 2.58. The lowest BCUT2D eigenvalue weighted by molar-refractivity contribution is 0.264. The predicted octanol–water partition coefficient (Wildman–Crippen LogP) is 3.81. The van der Waals surface area contributed by atoms with E-state index in [4.69, 9.17) is 26.2 Å². The molecule has 0 heterocycles. The molecule has 0 unspecified atom stereocenters. The van der Waals surface area contributed by atoms with Crippen LogP contribution in [0, 0.1) is 11.3 Å². The number of benzene rings is 2. The Morgan fingerprint density at radius 1 is 1.12 bits per heavy atom. The summed E-state index contributed by atoms with van der Waals surface area (Å²) in [5, 5.41) is 5.75. The molecule has 0 amide bonds. The van der Waals surface area contributed by atoms with Crippen molar-refractivity contribution in [3.63, 3.8) is 0 Å². The molecule has 0 spiro atoms. The maximum absolute atomic E-state index is 11.4. The standard InChI is InChI=1S/C19H22ClNO4S/c1-19(2)15(11-25-17-10-13(20)6-9-16(17)24-3)18(19)12-4-7-14(8-5-12)26(21,22)23/h4-10,15,18H,11H2,1-3H3,(H2,21,22,23)/t15-,18-/m0/s1. The van der Waals surface area contributed by atoms with Crippen LogP contribution in [0.4, 0.5) is 0 Å². The summed E-state index contributed by atoms with van der Waals surface area (Å²) in [5.41, 5.74) is 1.13. The number of methoxy groups -OCH3 is 1. The Morgan fingerprint density at radius 3 is 2.35 bits per heavy atom. The van der Waals surface area contributed by atoms with Gasteiger partial charge in [0.15, 0.2) is 11.5 Å². The van der Waals surface area contributed by atoms with Gasteiger partial charge < -0.3 is 9.47 Å². The summed E-state index contributed by atoms with van der Waals surface area (Å²) in [6.45, 7) is 4.87. The second kappa shape index (κ2) is 6.76. The molecule has 1 saturated carbocycles. The van der Waals surface area contributed by atoms with Crippen molar-refractivity contribution in [2.24, 2.45) is 16.5 Å². The third-order valence-electron chi connectivity index (χ3n) is 5.16. The van der Waals surface area contributed by atoms with Crippen LogP contribution in [-0.4, -0.2) is 22.1 Å². The lowest BCUT2D eigenvalue weighted by Gasteiger charge is -2.11. The van der Waals surface area contributed by atoms with Gasteiger partial charge in [-0.25, -0.2) is 13.6 Å². The van der Waals surface area contributed by atoms with Gasteiger partial charge in [0.1, 0.15) is 0 Å². The number of hydrogen-bond donors (Lipinski definition) is 1. The molecule has 0 aromatic heterocycles. The van der Waals surface area contributed by atoms with E-state index < -0.39 is 10.0 Å². The molecule has 1 aliphatic rings. The zero-order valence-electron chi connectivity index (χ0n) is 14.9. The molecule has 1 aliphatic carbocycles. The van der Waals surface area contributed by atoms with Gasteiger partial charge in [-0.1, -0.05) is 37.6 Å². The Bertz CT molecular complexity index is 910. The van der Waals surface area contributed by atoms with E-state index in [1.54, 1.807) is 37.4 Å². The number of sulfonamides is 1. The Morgan fingerprint density at radius 2 is 1.77 bits per heavy atom. The van der Waals surface area contributed by atoms with Gasteiger partial charge in [-0.3, -0.25) is 0 Å². The molecular formula is C19H22ClNO4S. The highest BCUT2D eigenvalue weighted by Crippen LogP contribution is 2.64. The average Bonchev–Trinajstić information content (AvgIpc) is 3.13. The van der Waals surface area contributed by atoms with Crippen LogP contribution >= 0.6 is 11.6 Å². The number of halogens is 1. The number of primary sulfonamides is 1. The fourth-order valence-corrected chi connectivity index (χ4v) is 4.20. The van der Waals surface area contributed by atoms with Crippen LogP contribution in [0.3, 0.4) is 0 Å². The number of ether oxygens (including phenoxy) is 2. The minimum absolute atomic E-state index is 0.0505. The van der Waals surface area contributed by atoms with Crippen molar-refractivity contribution in [2.45, 2.75) is 24.7 Å². The molecule has 0 bridgehead atoms. The number of rotatable bonds is 6. The second-order valence-corrected chi connectivity index (χ2v) is 9.12. The van der Waals surface area contributed by atoms with Gasteiger partial charge in [0.05, 0.1) is 18.6 Å². The van der Waals surface area contributed by atoms with Gasteiger partial charge >= 0.3 is 0 Å². The van der Waals surface area contributed by atoms with Crippen LogP contribution in [-0.2, 0) is 10.0 Å². The lowest BCUT2D eigenvalue weighted by atomic mass is 10.0. The largest absolute Gasteiger partial charge is 0.493 e. The minimum atomic E-state index is -3.68. The van der Waals surface area contributed by atoms with Crippen LogP contribution in [0.15, 0.2) is 47.4 Å². The van der Waals surface area contributed by atoms with Crippen LogP contribution < -0.4 is 14.6 Å². The van der Waals surface area contributed by atoms with E-state index in [-0.39, 0.29) is 16.2 Å². The lowest BCUT2D eigenvalue weighted by Crippen LogP contribution is -2.11. The second-order valence-electron chi connectivity index (χ2n) is 7.13. The quantitative estimate of drug-likeness (QED) is 0.806. The Hall–Kier alpha value is -1.76. The van der Waals surface area contributed by atoms with E-state index in [2.05, 4.69) is 13.8 Å². The summed E-state index contributed by atoms with van der Waals surface area (Å²) in [5.74, 6) is 1.83. The van der Waals surface area contributed by atoms with Crippen LogP contribution in [0.25, 0.3) is 0 Å². The van der Waals surface area contributed by atoms with Gasteiger partial charge in [-0.15, -0.1) is 0 Å². The third kappa shape index (κ3) is 3.68. The molecule has 2 atom stereocenters. The summed E-state index contributed by atoms with van der Waals surface area (Å²) < 4.78 is 34.1. The zero-order valence-corrected chi connectivity index (χ0v) is 16.5. The van der Waals surface area contributed by atoms with Crippen molar-refractivity contribution in [3.05, 3.63) is 53.1 Å². The monoisotopic (exact) mass is 395 g/mol.